The molecule has 0 radical (unpaired) electrons. The highest BCUT2D eigenvalue weighted by atomic mass is 16.5. The van der Waals surface area contributed by atoms with Crippen molar-refractivity contribution in [3.05, 3.63) is 0 Å². The lowest BCUT2D eigenvalue weighted by atomic mass is 9.59. The van der Waals surface area contributed by atoms with Gasteiger partial charge in [0.05, 0.1) is 18.8 Å². The van der Waals surface area contributed by atoms with E-state index >= 15 is 0 Å². The predicted molar refractivity (Wildman–Crippen MR) is 82.6 cm³/mol. The highest BCUT2D eigenvalue weighted by Gasteiger charge is 2.57. The van der Waals surface area contributed by atoms with E-state index < -0.39 is 0 Å². The van der Waals surface area contributed by atoms with Crippen molar-refractivity contribution in [1.29, 1.82) is 0 Å². The van der Waals surface area contributed by atoms with E-state index in [4.69, 9.17) is 10.5 Å². The van der Waals surface area contributed by atoms with Crippen LogP contribution in [0, 0.1) is 11.8 Å². The van der Waals surface area contributed by atoms with E-state index in [2.05, 4.69) is 32.6 Å². The van der Waals surface area contributed by atoms with Crippen molar-refractivity contribution in [1.82, 2.24) is 4.90 Å². The van der Waals surface area contributed by atoms with Crippen LogP contribution in [0.25, 0.3) is 0 Å². The molecule has 2 aliphatic heterocycles. The molecule has 4 unspecified atom stereocenters. The molecule has 20 heavy (non-hydrogen) atoms. The van der Waals surface area contributed by atoms with Crippen LogP contribution in [-0.4, -0.2) is 41.3 Å². The lowest BCUT2D eigenvalue weighted by Gasteiger charge is -2.64. The monoisotopic (exact) mass is 280 g/mol. The molecule has 0 aromatic rings. The Balaban J connectivity index is 1.88. The molecule has 0 aromatic carbocycles. The van der Waals surface area contributed by atoms with Gasteiger partial charge < -0.3 is 10.5 Å². The first-order valence-corrected chi connectivity index (χ1v) is 8.57. The molecule has 3 fully saturated rings. The fourth-order valence-electron chi connectivity index (χ4n) is 5.55. The summed E-state index contributed by atoms with van der Waals surface area (Å²) in [5.74, 6) is 1.36. The molecule has 0 aromatic heterocycles. The number of likely N-dealkylation sites (tertiary alicyclic amines) is 1. The number of ether oxygens (including phenoxy) is 1. The van der Waals surface area contributed by atoms with Gasteiger partial charge in [-0.3, -0.25) is 4.90 Å². The lowest BCUT2D eigenvalue weighted by Crippen LogP contribution is -2.74. The maximum absolute atomic E-state index is 6.84. The van der Waals surface area contributed by atoms with Crippen molar-refractivity contribution in [2.45, 2.75) is 83.0 Å². The van der Waals surface area contributed by atoms with E-state index in [0.29, 0.717) is 29.5 Å². The van der Waals surface area contributed by atoms with Gasteiger partial charge in [0, 0.05) is 17.6 Å². The lowest BCUT2D eigenvalue weighted by molar-refractivity contribution is -0.207. The van der Waals surface area contributed by atoms with Crippen LogP contribution in [-0.2, 0) is 4.74 Å². The zero-order valence-corrected chi connectivity index (χ0v) is 13.7. The van der Waals surface area contributed by atoms with Gasteiger partial charge in [0.2, 0.25) is 0 Å². The molecule has 1 saturated carbocycles. The summed E-state index contributed by atoms with van der Waals surface area (Å²) in [5.41, 5.74) is 7.19. The highest BCUT2D eigenvalue weighted by Crippen LogP contribution is 2.50. The van der Waals surface area contributed by atoms with Gasteiger partial charge in [-0.15, -0.1) is 0 Å². The summed E-state index contributed by atoms with van der Waals surface area (Å²) in [7, 11) is 0. The zero-order chi connectivity index (χ0) is 14.5. The van der Waals surface area contributed by atoms with Crippen LogP contribution in [0.15, 0.2) is 0 Å². The second-order valence-corrected chi connectivity index (χ2v) is 7.98. The maximum Gasteiger partial charge on any atom is 0.0683 e. The summed E-state index contributed by atoms with van der Waals surface area (Å²) < 4.78 is 5.60. The summed E-state index contributed by atoms with van der Waals surface area (Å²) in [6.45, 7) is 11.2. The van der Waals surface area contributed by atoms with Gasteiger partial charge in [-0.25, -0.2) is 0 Å². The summed E-state index contributed by atoms with van der Waals surface area (Å²) in [5, 5.41) is 0. The highest BCUT2D eigenvalue weighted by molar-refractivity contribution is 5.12. The number of piperidine rings is 1. The number of fused-ring (bicyclic) bond motifs is 1. The van der Waals surface area contributed by atoms with Gasteiger partial charge in [0.25, 0.3) is 0 Å². The quantitative estimate of drug-likeness (QED) is 0.845. The second-order valence-electron chi connectivity index (χ2n) is 7.98. The van der Waals surface area contributed by atoms with Crippen LogP contribution in [0.2, 0.25) is 0 Å². The standard InChI is InChI=1S/C17H32N2O/c1-5-13-6-7-15-14(16(13,4)18)8-9-17(10-20-11-17)19(15)12(2)3/h12-15H,5-11,18H2,1-4H3. The summed E-state index contributed by atoms with van der Waals surface area (Å²) in [6.07, 6.45) is 6.42. The van der Waals surface area contributed by atoms with Gasteiger partial charge in [-0.2, -0.15) is 0 Å². The van der Waals surface area contributed by atoms with Crippen LogP contribution in [0.3, 0.4) is 0 Å². The fourth-order valence-corrected chi connectivity index (χ4v) is 5.55. The molecule has 2 heterocycles. The van der Waals surface area contributed by atoms with Crippen molar-refractivity contribution in [3.63, 3.8) is 0 Å². The Morgan fingerprint density at radius 1 is 1.25 bits per heavy atom. The van der Waals surface area contributed by atoms with Crippen molar-refractivity contribution in [2.24, 2.45) is 17.6 Å². The van der Waals surface area contributed by atoms with E-state index in [1.54, 1.807) is 0 Å². The fraction of sp³-hybridized carbons (Fsp3) is 1.00. The normalized spacial score (nSPS) is 44.4. The molecule has 0 amide bonds. The van der Waals surface area contributed by atoms with Crippen molar-refractivity contribution < 1.29 is 4.74 Å². The largest absolute Gasteiger partial charge is 0.377 e. The molecule has 2 N–H and O–H groups in total. The third kappa shape index (κ3) is 1.97. The Bertz CT molecular complexity index is 362. The molecule has 116 valence electrons. The van der Waals surface area contributed by atoms with E-state index in [1.807, 2.05) is 0 Å². The van der Waals surface area contributed by atoms with E-state index in [0.717, 1.165) is 13.2 Å². The SMILES string of the molecule is CCC1CCC2C(CCC3(COC3)N2C(C)C)C1(C)N. The third-order valence-corrected chi connectivity index (χ3v) is 6.57. The second kappa shape index (κ2) is 4.96. The van der Waals surface area contributed by atoms with Crippen LogP contribution in [0.5, 0.6) is 0 Å². The van der Waals surface area contributed by atoms with Gasteiger partial charge in [0.1, 0.15) is 0 Å². The summed E-state index contributed by atoms with van der Waals surface area (Å²) in [6, 6.07) is 1.27. The van der Waals surface area contributed by atoms with Gasteiger partial charge in [-0.05, 0) is 58.3 Å². The predicted octanol–water partition coefficient (Wildman–Crippen LogP) is 2.78. The van der Waals surface area contributed by atoms with Crippen molar-refractivity contribution in [2.75, 3.05) is 13.2 Å². The average molecular weight is 280 g/mol. The number of nitrogens with zero attached hydrogens (tertiary/aromatic N) is 1. The Morgan fingerprint density at radius 3 is 2.45 bits per heavy atom. The van der Waals surface area contributed by atoms with Crippen LogP contribution >= 0.6 is 0 Å². The van der Waals surface area contributed by atoms with Gasteiger partial charge in [0.15, 0.2) is 0 Å². The zero-order valence-electron chi connectivity index (χ0n) is 13.7. The van der Waals surface area contributed by atoms with E-state index in [1.165, 1.54) is 32.1 Å². The molecule has 3 aliphatic rings. The molecular weight excluding hydrogens is 248 g/mol. The Labute approximate surface area is 124 Å². The molecule has 1 aliphatic carbocycles. The van der Waals surface area contributed by atoms with Crippen molar-refractivity contribution >= 4 is 0 Å². The number of hydrogen-bond donors (Lipinski definition) is 1. The number of hydrogen-bond acceptors (Lipinski definition) is 3. The van der Waals surface area contributed by atoms with Crippen LogP contribution in [0.4, 0.5) is 0 Å². The minimum atomic E-state index is 0.0109. The Hall–Kier alpha value is -0.120. The molecule has 3 rings (SSSR count). The van der Waals surface area contributed by atoms with Gasteiger partial charge >= 0.3 is 0 Å². The van der Waals surface area contributed by atoms with Crippen LogP contribution < -0.4 is 5.73 Å². The van der Waals surface area contributed by atoms with E-state index in [-0.39, 0.29) is 5.54 Å². The third-order valence-electron chi connectivity index (χ3n) is 6.57. The minimum absolute atomic E-state index is 0.0109. The Morgan fingerprint density at radius 2 is 1.95 bits per heavy atom. The summed E-state index contributed by atoms with van der Waals surface area (Å²) in [4.78, 5) is 2.79. The van der Waals surface area contributed by atoms with Crippen molar-refractivity contribution in [3.8, 4) is 0 Å². The first kappa shape index (κ1) is 14.8. The number of rotatable bonds is 2. The molecular formula is C17H32N2O. The van der Waals surface area contributed by atoms with E-state index in [9.17, 15) is 0 Å². The first-order chi connectivity index (χ1) is 9.42. The molecule has 4 atom stereocenters. The van der Waals surface area contributed by atoms with Gasteiger partial charge in [-0.1, -0.05) is 13.3 Å². The average Bonchev–Trinajstić information content (AvgIpc) is 2.35. The molecule has 3 heteroatoms. The topological polar surface area (TPSA) is 38.5 Å². The smallest absolute Gasteiger partial charge is 0.0683 e. The molecule has 0 bridgehead atoms. The summed E-state index contributed by atoms with van der Waals surface area (Å²) >= 11 is 0. The Kier molecular flexibility index (Phi) is 3.67. The van der Waals surface area contributed by atoms with Crippen LogP contribution in [0.1, 0.15) is 59.8 Å². The maximum atomic E-state index is 6.84. The first-order valence-electron chi connectivity index (χ1n) is 8.57. The minimum Gasteiger partial charge on any atom is -0.377 e. The number of nitrogens with two attached hydrogens (primary N) is 1. The molecule has 3 nitrogen and oxygen atoms in total. The molecule has 1 spiro atoms. The molecule has 2 saturated heterocycles.